The molecule has 0 fully saturated rings. The summed E-state index contributed by atoms with van der Waals surface area (Å²) < 4.78 is 10.7. The van der Waals surface area contributed by atoms with Crippen molar-refractivity contribution in [2.24, 2.45) is 0 Å². The average Bonchev–Trinajstić information content (AvgIpc) is 2.53. The molecule has 0 heterocycles. The van der Waals surface area contributed by atoms with Gasteiger partial charge in [0.05, 0.1) is 19.3 Å². The summed E-state index contributed by atoms with van der Waals surface area (Å²) in [5.41, 5.74) is -0.541. The Bertz CT molecular complexity index is 315. The zero-order valence-corrected chi connectivity index (χ0v) is 16.9. The van der Waals surface area contributed by atoms with Crippen molar-refractivity contribution in [2.45, 2.75) is 104 Å². The predicted molar refractivity (Wildman–Crippen MR) is 103 cm³/mol. The Morgan fingerprint density at radius 3 is 1.96 bits per heavy atom. The number of carbonyl (C=O) groups is 1. The minimum absolute atomic E-state index is 0.155. The van der Waals surface area contributed by atoms with Crippen molar-refractivity contribution in [1.29, 1.82) is 0 Å². The van der Waals surface area contributed by atoms with E-state index in [9.17, 15) is 9.90 Å². The molecule has 1 atom stereocenters. The molecule has 0 aromatic rings. The highest BCUT2D eigenvalue weighted by atomic mass is 16.6. The van der Waals surface area contributed by atoms with E-state index in [1.54, 1.807) is 0 Å². The minimum atomic E-state index is -0.541. The van der Waals surface area contributed by atoms with Gasteiger partial charge in [-0.25, -0.2) is 4.79 Å². The van der Waals surface area contributed by atoms with Gasteiger partial charge in [-0.2, -0.15) is 0 Å². The highest BCUT2D eigenvalue weighted by molar-refractivity contribution is 5.68. The zero-order valence-electron chi connectivity index (χ0n) is 16.9. The van der Waals surface area contributed by atoms with Gasteiger partial charge in [0.25, 0.3) is 0 Å². The molecule has 0 bridgehead atoms. The van der Waals surface area contributed by atoms with Gasteiger partial charge in [0.2, 0.25) is 0 Å². The van der Waals surface area contributed by atoms with Crippen LogP contribution in [0.5, 0.6) is 0 Å². The average molecular weight is 360 g/mol. The number of amides is 1. The Hall–Kier alpha value is -0.810. The van der Waals surface area contributed by atoms with Gasteiger partial charge in [-0.05, 0) is 27.2 Å². The molecule has 150 valence electrons. The Morgan fingerprint density at radius 2 is 1.48 bits per heavy atom. The number of unbranched alkanes of at least 4 members (excludes halogenated alkanes) is 9. The quantitative estimate of drug-likeness (QED) is 0.412. The third-order valence-corrected chi connectivity index (χ3v) is 3.90. The van der Waals surface area contributed by atoms with E-state index in [0.717, 1.165) is 6.42 Å². The maximum absolute atomic E-state index is 11.6. The molecule has 5 heteroatoms. The van der Waals surface area contributed by atoms with Gasteiger partial charge in [-0.15, -0.1) is 0 Å². The largest absolute Gasteiger partial charge is 0.444 e. The van der Waals surface area contributed by atoms with Gasteiger partial charge in [0.15, 0.2) is 0 Å². The lowest BCUT2D eigenvalue weighted by Crippen LogP contribution is -2.43. The normalized spacial score (nSPS) is 12.8. The van der Waals surface area contributed by atoms with Crippen LogP contribution in [0.25, 0.3) is 0 Å². The second kappa shape index (κ2) is 15.4. The number of aliphatic hydroxyl groups is 1. The van der Waals surface area contributed by atoms with Crippen LogP contribution in [0, 0.1) is 0 Å². The molecular formula is C20H41NO4. The lowest BCUT2D eigenvalue weighted by Gasteiger charge is -2.22. The first kappa shape index (κ1) is 24.2. The molecule has 0 saturated carbocycles. The SMILES string of the molecule is CCCCCCCCCCCCOCC(CO)NC(=O)OC(C)(C)C. The fourth-order valence-corrected chi connectivity index (χ4v) is 2.53. The first-order valence-corrected chi connectivity index (χ1v) is 10.1. The number of hydrogen-bond acceptors (Lipinski definition) is 4. The van der Waals surface area contributed by atoms with Crippen LogP contribution in [0.1, 0.15) is 91.9 Å². The van der Waals surface area contributed by atoms with Gasteiger partial charge in [0.1, 0.15) is 5.60 Å². The summed E-state index contributed by atoms with van der Waals surface area (Å²) >= 11 is 0. The van der Waals surface area contributed by atoms with Crippen molar-refractivity contribution in [3.63, 3.8) is 0 Å². The molecule has 0 aliphatic heterocycles. The lowest BCUT2D eigenvalue weighted by molar-refractivity contribution is 0.0383. The molecule has 25 heavy (non-hydrogen) atoms. The monoisotopic (exact) mass is 359 g/mol. The number of rotatable bonds is 15. The van der Waals surface area contributed by atoms with E-state index in [0.29, 0.717) is 13.2 Å². The van der Waals surface area contributed by atoms with Crippen molar-refractivity contribution in [3.8, 4) is 0 Å². The molecule has 0 aromatic heterocycles. The van der Waals surface area contributed by atoms with Crippen molar-refractivity contribution < 1.29 is 19.4 Å². The third-order valence-electron chi connectivity index (χ3n) is 3.90. The summed E-state index contributed by atoms with van der Waals surface area (Å²) in [6.45, 7) is 8.50. The van der Waals surface area contributed by atoms with Crippen LogP contribution in [0.15, 0.2) is 0 Å². The zero-order chi connectivity index (χ0) is 19.0. The lowest BCUT2D eigenvalue weighted by atomic mass is 10.1. The minimum Gasteiger partial charge on any atom is -0.444 e. The van der Waals surface area contributed by atoms with E-state index in [-0.39, 0.29) is 6.61 Å². The van der Waals surface area contributed by atoms with Crippen molar-refractivity contribution in [3.05, 3.63) is 0 Å². The highest BCUT2D eigenvalue weighted by Crippen LogP contribution is 2.10. The second-order valence-electron chi connectivity index (χ2n) is 7.78. The van der Waals surface area contributed by atoms with E-state index in [2.05, 4.69) is 12.2 Å². The number of carbonyl (C=O) groups excluding carboxylic acids is 1. The molecule has 0 spiro atoms. The molecule has 0 saturated heterocycles. The number of nitrogens with one attached hydrogen (secondary N) is 1. The van der Waals surface area contributed by atoms with Gasteiger partial charge in [-0.3, -0.25) is 0 Å². The molecular weight excluding hydrogens is 318 g/mol. The van der Waals surface area contributed by atoms with Crippen LogP contribution < -0.4 is 5.32 Å². The smallest absolute Gasteiger partial charge is 0.408 e. The van der Waals surface area contributed by atoms with Crippen LogP contribution in [0.2, 0.25) is 0 Å². The van der Waals surface area contributed by atoms with Crippen molar-refractivity contribution in [2.75, 3.05) is 19.8 Å². The molecule has 0 aromatic carbocycles. The van der Waals surface area contributed by atoms with E-state index >= 15 is 0 Å². The van der Waals surface area contributed by atoms with Crippen LogP contribution in [0.4, 0.5) is 4.79 Å². The predicted octanol–water partition coefficient (Wildman–Crippen LogP) is 4.81. The van der Waals surface area contributed by atoms with Gasteiger partial charge >= 0.3 is 6.09 Å². The molecule has 1 amide bonds. The number of alkyl carbamates (subject to hydrolysis) is 1. The molecule has 0 rings (SSSR count). The number of aliphatic hydroxyl groups excluding tert-OH is 1. The van der Waals surface area contributed by atoms with Gasteiger partial charge in [-0.1, -0.05) is 64.7 Å². The first-order valence-electron chi connectivity index (χ1n) is 10.1. The topological polar surface area (TPSA) is 67.8 Å². The number of ether oxygens (including phenoxy) is 2. The molecule has 0 aliphatic rings. The maximum atomic E-state index is 11.6. The van der Waals surface area contributed by atoms with Gasteiger partial charge in [0, 0.05) is 6.61 Å². The summed E-state index contributed by atoms with van der Waals surface area (Å²) in [4.78, 5) is 11.6. The molecule has 5 nitrogen and oxygen atoms in total. The fraction of sp³-hybridized carbons (Fsp3) is 0.950. The van der Waals surface area contributed by atoms with E-state index in [1.165, 1.54) is 57.8 Å². The Kier molecular flexibility index (Phi) is 14.9. The summed E-state index contributed by atoms with van der Waals surface area (Å²) in [6.07, 6.45) is 12.4. The summed E-state index contributed by atoms with van der Waals surface area (Å²) in [5, 5.41) is 11.9. The van der Waals surface area contributed by atoms with Crippen LogP contribution in [0.3, 0.4) is 0 Å². The van der Waals surface area contributed by atoms with Gasteiger partial charge < -0.3 is 19.9 Å². The maximum Gasteiger partial charge on any atom is 0.408 e. The third kappa shape index (κ3) is 17.8. The fourth-order valence-electron chi connectivity index (χ4n) is 2.53. The van der Waals surface area contributed by atoms with Crippen LogP contribution in [-0.2, 0) is 9.47 Å². The highest BCUT2D eigenvalue weighted by Gasteiger charge is 2.19. The van der Waals surface area contributed by atoms with E-state index in [1.807, 2.05) is 20.8 Å². The van der Waals surface area contributed by atoms with Crippen molar-refractivity contribution >= 4 is 6.09 Å². The number of hydrogen-bond donors (Lipinski definition) is 2. The van der Waals surface area contributed by atoms with Crippen LogP contribution >= 0.6 is 0 Å². The summed E-state index contributed by atoms with van der Waals surface area (Å²) in [6, 6.07) is -0.419. The van der Waals surface area contributed by atoms with E-state index in [4.69, 9.17) is 9.47 Å². The molecule has 0 aliphatic carbocycles. The van der Waals surface area contributed by atoms with Crippen molar-refractivity contribution in [1.82, 2.24) is 5.32 Å². The molecule has 0 radical (unpaired) electrons. The first-order chi connectivity index (χ1) is 11.9. The van der Waals surface area contributed by atoms with E-state index < -0.39 is 17.7 Å². The standard InChI is InChI=1S/C20H41NO4/c1-5-6-7-8-9-10-11-12-13-14-15-24-17-18(16-22)21-19(23)25-20(2,3)4/h18,22H,5-17H2,1-4H3,(H,21,23). The Morgan fingerprint density at radius 1 is 0.960 bits per heavy atom. The second-order valence-corrected chi connectivity index (χ2v) is 7.78. The molecule has 1 unspecified atom stereocenters. The summed E-state index contributed by atoms with van der Waals surface area (Å²) in [5.74, 6) is 0. The van der Waals surface area contributed by atoms with Crippen LogP contribution in [-0.4, -0.2) is 42.7 Å². The Balaban J connectivity index is 3.48. The molecule has 2 N–H and O–H groups in total. The Labute approximate surface area is 154 Å². The summed E-state index contributed by atoms with van der Waals surface area (Å²) in [7, 11) is 0.